The van der Waals surface area contributed by atoms with Gasteiger partial charge in [0.15, 0.2) is 0 Å². The summed E-state index contributed by atoms with van der Waals surface area (Å²) in [5, 5.41) is 8.89. The van der Waals surface area contributed by atoms with Crippen LogP contribution in [0.5, 0.6) is 0 Å². The van der Waals surface area contributed by atoms with Crippen LogP contribution in [0.15, 0.2) is 12.4 Å². The number of aromatic nitrogens is 2. The molecule has 0 aromatic carbocycles. The molecule has 17 heavy (non-hydrogen) atoms. The topological polar surface area (TPSA) is 92.3 Å². The summed E-state index contributed by atoms with van der Waals surface area (Å²) >= 11 is 0. The molecule has 1 aromatic rings. The Hall–Kier alpha value is -1.69. The number of carbonyl (C=O) groups excluding carboxylic acids is 1. The number of rotatable bonds is 7. The van der Waals surface area contributed by atoms with E-state index in [1.807, 2.05) is 0 Å². The number of carbonyl (C=O) groups is 1. The first kappa shape index (κ1) is 13.4. The third-order valence-corrected chi connectivity index (χ3v) is 2.29. The average molecular weight is 238 g/mol. The van der Waals surface area contributed by atoms with Crippen LogP contribution in [0.2, 0.25) is 0 Å². The van der Waals surface area contributed by atoms with Gasteiger partial charge in [0.2, 0.25) is 11.9 Å². The SMILES string of the molecule is CCCCN(CC(N)=O)c1ncc(CO)cn1. The van der Waals surface area contributed by atoms with Crippen LogP contribution in [0.3, 0.4) is 0 Å². The second-order valence-corrected chi connectivity index (χ2v) is 3.79. The van der Waals surface area contributed by atoms with Gasteiger partial charge in [-0.1, -0.05) is 13.3 Å². The van der Waals surface area contributed by atoms with Gasteiger partial charge in [-0.3, -0.25) is 4.79 Å². The van der Waals surface area contributed by atoms with Crippen molar-refractivity contribution in [3.05, 3.63) is 18.0 Å². The van der Waals surface area contributed by atoms with Crippen molar-refractivity contribution in [2.45, 2.75) is 26.4 Å². The molecule has 1 aromatic heterocycles. The monoisotopic (exact) mass is 238 g/mol. The number of nitrogens with two attached hydrogens (primary N) is 1. The molecule has 0 saturated heterocycles. The zero-order chi connectivity index (χ0) is 12.7. The Morgan fingerprint density at radius 1 is 1.47 bits per heavy atom. The molecule has 0 fully saturated rings. The first-order valence-corrected chi connectivity index (χ1v) is 5.62. The lowest BCUT2D eigenvalue weighted by atomic mass is 10.3. The zero-order valence-corrected chi connectivity index (χ0v) is 9.96. The smallest absolute Gasteiger partial charge is 0.237 e. The van der Waals surface area contributed by atoms with Crippen LogP contribution in [-0.2, 0) is 11.4 Å². The molecule has 0 aliphatic carbocycles. The normalized spacial score (nSPS) is 10.2. The summed E-state index contributed by atoms with van der Waals surface area (Å²) in [6.45, 7) is 2.78. The van der Waals surface area contributed by atoms with Crippen molar-refractivity contribution in [1.82, 2.24) is 9.97 Å². The van der Waals surface area contributed by atoms with Gasteiger partial charge in [-0.05, 0) is 6.42 Å². The van der Waals surface area contributed by atoms with Crippen LogP contribution in [0.25, 0.3) is 0 Å². The summed E-state index contributed by atoms with van der Waals surface area (Å²) in [6.07, 6.45) is 5.05. The largest absolute Gasteiger partial charge is 0.392 e. The molecule has 0 aliphatic heterocycles. The Balaban J connectivity index is 2.75. The number of primary amides is 1. The van der Waals surface area contributed by atoms with Crippen molar-refractivity contribution in [2.24, 2.45) is 5.73 Å². The predicted octanol–water partition coefficient (Wildman–Crippen LogP) is 0.0607. The van der Waals surface area contributed by atoms with E-state index in [4.69, 9.17) is 10.8 Å². The number of hydrogen-bond acceptors (Lipinski definition) is 5. The number of hydrogen-bond donors (Lipinski definition) is 2. The first-order chi connectivity index (χ1) is 8.17. The Labute approximate surface area is 100 Å². The molecular formula is C11H18N4O2. The minimum absolute atomic E-state index is 0.0922. The molecule has 6 nitrogen and oxygen atoms in total. The number of amides is 1. The molecular weight excluding hydrogens is 220 g/mol. The molecule has 0 saturated carbocycles. The van der Waals surface area contributed by atoms with Gasteiger partial charge in [-0.25, -0.2) is 9.97 Å². The van der Waals surface area contributed by atoms with E-state index in [1.54, 1.807) is 17.3 Å². The summed E-state index contributed by atoms with van der Waals surface area (Å²) < 4.78 is 0. The second kappa shape index (κ2) is 6.80. The van der Waals surface area contributed by atoms with Gasteiger partial charge in [0.25, 0.3) is 0 Å². The van der Waals surface area contributed by atoms with Gasteiger partial charge in [0.1, 0.15) is 0 Å². The highest BCUT2D eigenvalue weighted by molar-refractivity contribution is 5.78. The standard InChI is InChI=1S/C11H18N4O2/c1-2-3-4-15(7-10(12)17)11-13-5-9(8-16)6-14-11/h5-6,16H,2-4,7-8H2,1H3,(H2,12,17). The summed E-state index contributed by atoms with van der Waals surface area (Å²) in [5.41, 5.74) is 5.82. The lowest BCUT2D eigenvalue weighted by Gasteiger charge is -2.20. The summed E-state index contributed by atoms with van der Waals surface area (Å²) in [6, 6.07) is 0. The molecule has 1 rings (SSSR count). The number of nitrogens with zero attached hydrogens (tertiary/aromatic N) is 3. The minimum atomic E-state index is -0.407. The van der Waals surface area contributed by atoms with Gasteiger partial charge in [0, 0.05) is 24.5 Å². The average Bonchev–Trinajstić information content (AvgIpc) is 2.34. The van der Waals surface area contributed by atoms with Crippen LogP contribution >= 0.6 is 0 Å². The van der Waals surface area contributed by atoms with E-state index in [0.717, 1.165) is 12.8 Å². The first-order valence-electron chi connectivity index (χ1n) is 5.62. The molecule has 6 heteroatoms. The van der Waals surface area contributed by atoms with Gasteiger partial charge in [-0.15, -0.1) is 0 Å². The maximum Gasteiger partial charge on any atom is 0.237 e. The Kier molecular flexibility index (Phi) is 5.35. The van der Waals surface area contributed by atoms with Crippen LogP contribution in [0.4, 0.5) is 5.95 Å². The molecule has 0 atom stereocenters. The van der Waals surface area contributed by atoms with Crippen molar-refractivity contribution in [3.63, 3.8) is 0 Å². The highest BCUT2D eigenvalue weighted by Gasteiger charge is 2.11. The molecule has 0 aliphatic rings. The van der Waals surface area contributed by atoms with E-state index in [2.05, 4.69) is 16.9 Å². The van der Waals surface area contributed by atoms with E-state index < -0.39 is 5.91 Å². The molecule has 0 bridgehead atoms. The van der Waals surface area contributed by atoms with Gasteiger partial charge in [0.05, 0.1) is 13.2 Å². The van der Waals surface area contributed by atoms with Gasteiger partial charge < -0.3 is 15.7 Å². The molecule has 94 valence electrons. The molecule has 0 unspecified atom stereocenters. The molecule has 0 spiro atoms. The fourth-order valence-electron chi connectivity index (χ4n) is 1.38. The maximum absolute atomic E-state index is 11.0. The fraction of sp³-hybridized carbons (Fsp3) is 0.545. The number of aliphatic hydroxyl groups is 1. The lowest BCUT2D eigenvalue weighted by molar-refractivity contribution is -0.116. The molecule has 1 amide bonds. The maximum atomic E-state index is 11.0. The molecule has 0 radical (unpaired) electrons. The number of anilines is 1. The summed E-state index contributed by atoms with van der Waals surface area (Å²) in [5.74, 6) is 0.0605. The fourth-order valence-corrected chi connectivity index (χ4v) is 1.38. The Morgan fingerprint density at radius 3 is 2.59 bits per heavy atom. The molecule has 3 N–H and O–H groups in total. The van der Waals surface area contributed by atoms with E-state index in [9.17, 15) is 4.79 Å². The van der Waals surface area contributed by atoms with Gasteiger partial charge in [-0.2, -0.15) is 0 Å². The number of aliphatic hydroxyl groups excluding tert-OH is 1. The quantitative estimate of drug-likeness (QED) is 0.700. The Bertz CT molecular complexity index is 353. The second-order valence-electron chi connectivity index (χ2n) is 3.79. The van der Waals surface area contributed by atoms with Crippen molar-refractivity contribution in [3.8, 4) is 0 Å². The highest BCUT2D eigenvalue weighted by Crippen LogP contribution is 2.08. The van der Waals surface area contributed by atoms with E-state index >= 15 is 0 Å². The van der Waals surface area contributed by atoms with E-state index in [1.165, 1.54) is 0 Å². The summed E-state index contributed by atoms with van der Waals surface area (Å²) in [7, 11) is 0. The number of unbranched alkanes of at least 4 members (excludes halogenated alkanes) is 1. The predicted molar refractivity (Wildman–Crippen MR) is 64.3 cm³/mol. The van der Waals surface area contributed by atoms with Crippen molar-refractivity contribution in [1.29, 1.82) is 0 Å². The Morgan fingerprint density at radius 2 is 2.12 bits per heavy atom. The van der Waals surface area contributed by atoms with E-state index in [0.29, 0.717) is 18.1 Å². The van der Waals surface area contributed by atoms with Crippen molar-refractivity contribution >= 4 is 11.9 Å². The van der Waals surface area contributed by atoms with Crippen LogP contribution in [0, 0.1) is 0 Å². The van der Waals surface area contributed by atoms with Crippen LogP contribution in [0.1, 0.15) is 25.3 Å². The lowest BCUT2D eigenvalue weighted by Crippen LogP contribution is -2.35. The van der Waals surface area contributed by atoms with Crippen LogP contribution < -0.4 is 10.6 Å². The third kappa shape index (κ3) is 4.36. The van der Waals surface area contributed by atoms with Crippen LogP contribution in [-0.4, -0.2) is 34.1 Å². The van der Waals surface area contributed by atoms with E-state index in [-0.39, 0.29) is 13.2 Å². The zero-order valence-electron chi connectivity index (χ0n) is 9.96. The summed E-state index contributed by atoms with van der Waals surface area (Å²) in [4.78, 5) is 20.9. The minimum Gasteiger partial charge on any atom is -0.392 e. The third-order valence-electron chi connectivity index (χ3n) is 2.29. The van der Waals surface area contributed by atoms with Crippen molar-refractivity contribution in [2.75, 3.05) is 18.0 Å². The van der Waals surface area contributed by atoms with Crippen molar-refractivity contribution < 1.29 is 9.90 Å². The van der Waals surface area contributed by atoms with Gasteiger partial charge >= 0.3 is 0 Å². The highest BCUT2D eigenvalue weighted by atomic mass is 16.3. The molecule has 1 heterocycles.